The molecular formula is C34H44Cl2SiZr. The van der Waals surface area contributed by atoms with Crippen LogP contribution in [0.1, 0.15) is 49.9 Å². The van der Waals surface area contributed by atoms with Crippen molar-refractivity contribution in [1.82, 2.24) is 0 Å². The summed E-state index contributed by atoms with van der Waals surface area (Å²) in [6, 6.07) is 22.4. The van der Waals surface area contributed by atoms with Crippen LogP contribution in [-0.4, -0.2) is 9.52 Å². The van der Waals surface area contributed by atoms with E-state index >= 15 is 0 Å². The third-order valence-electron chi connectivity index (χ3n) is 5.82. The minimum absolute atomic E-state index is 0.722. The van der Waals surface area contributed by atoms with Gasteiger partial charge < -0.3 is 0 Å². The molecule has 0 atom stereocenters. The van der Waals surface area contributed by atoms with Crippen molar-refractivity contribution < 1.29 is 20.8 Å². The summed E-state index contributed by atoms with van der Waals surface area (Å²) in [5.41, 5.74) is 5.70. The fourth-order valence-electron chi connectivity index (χ4n) is 4.57. The summed E-state index contributed by atoms with van der Waals surface area (Å²) in [7, 11) is 11.0. The first-order chi connectivity index (χ1) is 18.2. The third-order valence-corrected chi connectivity index (χ3v) is 5.82. The predicted octanol–water partition coefficient (Wildman–Crippen LogP) is 11.1. The maximum atomic E-state index is 4.93. The average molecular weight is 643 g/mol. The Morgan fingerprint density at radius 1 is 0.763 bits per heavy atom. The van der Waals surface area contributed by atoms with Gasteiger partial charge in [0.15, 0.2) is 0 Å². The van der Waals surface area contributed by atoms with E-state index < -0.39 is 20.8 Å². The summed E-state index contributed by atoms with van der Waals surface area (Å²) in [4.78, 5) is 0. The van der Waals surface area contributed by atoms with Crippen molar-refractivity contribution >= 4 is 48.1 Å². The molecule has 0 nitrogen and oxygen atoms in total. The van der Waals surface area contributed by atoms with Crippen molar-refractivity contribution in [3.63, 3.8) is 0 Å². The molecule has 4 rings (SSSR count). The molecular weight excluding hydrogens is 599 g/mol. The molecule has 0 aliphatic heterocycles. The number of hydrogen-bond acceptors (Lipinski definition) is 0. The number of allylic oxidation sites excluding steroid dienone is 2. The minimum atomic E-state index is -0.826. The molecule has 0 aromatic heterocycles. The Balaban J connectivity index is 0.000000315. The molecule has 4 aromatic rings. The standard InChI is InChI=1S/2C16H19.C2H6Si.2ClH.Zr/c2*1-4-6-14-7-5-8-15-10-13(9-12(2)3)11-16(14)15;1-3-2;;;/h2*4-5,7-8,10-12H,1,6,9H2,2-3H3;1-2H3;2*1H;/q2*-1;;;;+4/p-2. The molecule has 0 aliphatic carbocycles. The molecule has 4 aromatic carbocycles. The van der Waals surface area contributed by atoms with Gasteiger partial charge in [-0.3, -0.25) is 0 Å². The van der Waals surface area contributed by atoms with Gasteiger partial charge in [0.2, 0.25) is 0 Å². The third kappa shape index (κ3) is 12.3. The Kier molecular flexibility index (Phi) is 18.2. The second kappa shape index (κ2) is 19.8. The summed E-state index contributed by atoms with van der Waals surface area (Å²) in [6.07, 6.45) is 8.21. The zero-order valence-corrected chi connectivity index (χ0v) is 29.1. The topological polar surface area (TPSA) is 0 Å². The van der Waals surface area contributed by atoms with Crippen LogP contribution in [0.2, 0.25) is 13.1 Å². The van der Waals surface area contributed by atoms with Gasteiger partial charge in [0.05, 0.1) is 0 Å². The SMILES string of the molecule is C=CCc1cccc2[cH-]c(CC(C)C)cc12.C=CCc1cccc2[cH-]c(CC(C)C)cc12.C[Si]C.[Cl][Zr+2][Cl]. The van der Waals surface area contributed by atoms with E-state index in [1.807, 2.05) is 12.2 Å². The normalized spacial score (nSPS) is 10.2. The number of fused-ring (bicyclic) bond motifs is 2. The number of benzene rings is 2. The molecule has 202 valence electrons. The first-order valence-electron chi connectivity index (χ1n) is 13.3. The van der Waals surface area contributed by atoms with Crippen LogP contribution in [0.5, 0.6) is 0 Å². The molecule has 0 saturated carbocycles. The molecule has 4 heteroatoms. The van der Waals surface area contributed by atoms with Gasteiger partial charge in [-0.1, -0.05) is 76.2 Å². The Bertz CT molecular complexity index is 1120. The number of hydrogen-bond donors (Lipinski definition) is 0. The molecule has 0 bridgehead atoms. The molecule has 0 amide bonds. The summed E-state index contributed by atoms with van der Waals surface area (Å²) in [5.74, 6) is 1.44. The van der Waals surface area contributed by atoms with Gasteiger partial charge in [-0.15, -0.1) is 82.2 Å². The van der Waals surface area contributed by atoms with Crippen molar-refractivity contribution in [2.45, 2.75) is 66.5 Å². The molecule has 0 unspecified atom stereocenters. The molecule has 0 aliphatic rings. The Morgan fingerprint density at radius 3 is 1.39 bits per heavy atom. The fraction of sp³-hybridized carbons (Fsp3) is 0.353. The van der Waals surface area contributed by atoms with E-state index in [0.717, 1.165) is 34.2 Å². The van der Waals surface area contributed by atoms with Crippen LogP contribution in [0.4, 0.5) is 0 Å². The van der Waals surface area contributed by atoms with Crippen molar-refractivity contribution in [3.05, 3.63) is 108 Å². The van der Waals surface area contributed by atoms with Gasteiger partial charge in [-0.2, -0.15) is 12.1 Å². The summed E-state index contributed by atoms with van der Waals surface area (Å²) < 4.78 is 0. The molecule has 2 radical (unpaired) electrons. The molecule has 0 fully saturated rings. The molecule has 0 saturated heterocycles. The first kappa shape index (κ1) is 34.8. The molecule has 0 heterocycles. The second-order valence-corrected chi connectivity index (χ2v) is 15.1. The van der Waals surface area contributed by atoms with Crippen molar-refractivity contribution in [2.24, 2.45) is 11.8 Å². The van der Waals surface area contributed by atoms with Gasteiger partial charge in [0, 0.05) is 9.52 Å². The van der Waals surface area contributed by atoms with Crippen LogP contribution in [0.25, 0.3) is 21.5 Å². The van der Waals surface area contributed by atoms with Crippen LogP contribution in [-0.2, 0) is 46.5 Å². The first-order valence-corrected chi connectivity index (χ1v) is 21.7. The van der Waals surface area contributed by atoms with Gasteiger partial charge in [0.25, 0.3) is 0 Å². The summed E-state index contributed by atoms with van der Waals surface area (Å²) in [6.45, 7) is 21.0. The van der Waals surface area contributed by atoms with E-state index in [-0.39, 0.29) is 0 Å². The Labute approximate surface area is 253 Å². The monoisotopic (exact) mass is 640 g/mol. The maximum absolute atomic E-state index is 4.93. The van der Waals surface area contributed by atoms with E-state index in [2.05, 4.69) is 115 Å². The summed E-state index contributed by atoms with van der Waals surface area (Å²) >= 11 is -0.826. The van der Waals surface area contributed by atoms with E-state index in [4.69, 9.17) is 17.0 Å². The number of rotatable bonds is 8. The fourth-order valence-corrected chi connectivity index (χ4v) is 4.57. The quantitative estimate of drug-likeness (QED) is 0.102. The van der Waals surface area contributed by atoms with E-state index in [1.165, 1.54) is 56.6 Å². The van der Waals surface area contributed by atoms with Crippen molar-refractivity contribution in [3.8, 4) is 0 Å². The van der Waals surface area contributed by atoms with Crippen LogP contribution in [0.15, 0.2) is 86.0 Å². The van der Waals surface area contributed by atoms with Crippen molar-refractivity contribution in [2.75, 3.05) is 0 Å². The molecule has 38 heavy (non-hydrogen) atoms. The van der Waals surface area contributed by atoms with Crippen LogP contribution < -0.4 is 0 Å². The Morgan fingerprint density at radius 2 is 1.11 bits per heavy atom. The van der Waals surface area contributed by atoms with Gasteiger partial charge in [-0.25, -0.2) is 0 Å². The van der Waals surface area contributed by atoms with E-state index in [0.29, 0.717) is 0 Å². The average Bonchev–Trinajstić information content (AvgIpc) is 3.44. The predicted molar refractivity (Wildman–Crippen MR) is 173 cm³/mol. The van der Waals surface area contributed by atoms with Gasteiger partial charge in [-0.05, 0) is 37.5 Å². The van der Waals surface area contributed by atoms with E-state index in [9.17, 15) is 0 Å². The molecule has 0 spiro atoms. The van der Waals surface area contributed by atoms with Gasteiger partial charge in [0.1, 0.15) is 0 Å². The zero-order valence-electron chi connectivity index (χ0n) is 24.1. The van der Waals surface area contributed by atoms with Gasteiger partial charge >= 0.3 is 37.9 Å². The summed E-state index contributed by atoms with van der Waals surface area (Å²) in [5, 5.41) is 5.54. The van der Waals surface area contributed by atoms with Crippen LogP contribution in [0, 0.1) is 11.8 Å². The number of halogens is 2. The molecule has 0 N–H and O–H groups in total. The Hall–Kier alpha value is -1.18. The second-order valence-electron chi connectivity index (χ2n) is 10.3. The van der Waals surface area contributed by atoms with Crippen LogP contribution in [0.3, 0.4) is 0 Å². The van der Waals surface area contributed by atoms with Crippen molar-refractivity contribution in [1.29, 1.82) is 0 Å². The van der Waals surface area contributed by atoms with E-state index in [1.54, 1.807) is 0 Å². The zero-order chi connectivity index (χ0) is 28.5. The van der Waals surface area contributed by atoms with Crippen LogP contribution >= 0.6 is 17.0 Å².